The molecule has 0 fully saturated rings. The summed E-state index contributed by atoms with van der Waals surface area (Å²) in [5.74, 6) is -0.963. The summed E-state index contributed by atoms with van der Waals surface area (Å²) in [5.41, 5.74) is 0.315. The highest BCUT2D eigenvalue weighted by atomic mass is 79.9. The third-order valence-electron chi connectivity index (χ3n) is 2.20. The summed E-state index contributed by atoms with van der Waals surface area (Å²) in [6.45, 7) is 0. The predicted octanol–water partition coefficient (Wildman–Crippen LogP) is 3.14. The first-order valence-corrected chi connectivity index (χ1v) is 6.10. The van der Waals surface area contributed by atoms with E-state index in [0.29, 0.717) is 10.0 Å². The maximum atomic E-state index is 11.7. The van der Waals surface area contributed by atoms with Crippen LogP contribution in [-0.4, -0.2) is 17.1 Å². The first-order valence-electron chi connectivity index (χ1n) is 5.31. The second-order valence-electron chi connectivity index (χ2n) is 3.53. The largest absolute Gasteiger partial charge is 0.433 e. The van der Waals surface area contributed by atoms with E-state index >= 15 is 0 Å². The van der Waals surface area contributed by atoms with Crippen molar-refractivity contribution in [1.29, 1.82) is 0 Å². The number of hydrogen-bond acceptors (Lipinski definition) is 6. The highest BCUT2D eigenvalue weighted by Crippen LogP contribution is 2.17. The normalized spacial score (nSPS) is 10.7. The molecule has 1 aromatic heterocycles. The molecule has 0 atom stereocenters. The van der Waals surface area contributed by atoms with Crippen LogP contribution in [0.3, 0.4) is 0 Å². The molecule has 0 amide bonds. The van der Waals surface area contributed by atoms with Crippen molar-refractivity contribution in [3.05, 3.63) is 62.3 Å². The molecule has 7 nitrogen and oxygen atoms in total. The summed E-state index contributed by atoms with van der Waals surface area (Å²) in [7, 11) is 0. The van der Waals surface area contributed by atoms with Gasteiger partial charge in [-0.2, -0.15) is 0 Å². The molecule has 0 aliphatic rings. The van der Waals surface area contributed by atoms with Crippen LogP contribution in [0.5, 0.6) is 0 Å². The molecular formula is C12H7BrN2O5. The van der Waals surface area contributed by atoms with Crippen molar-refractivity contribution in [3.8, 4) is 0 Å². The van der Waals surface area contributed by atoms with Gasteiger partial charge in [0, 0.05) is 4.47 Å². The van der Waals surface area contributed by atoms with Crippen LogP contribution >= 0.6 is 15.9 Å². The molecule has 0 saturated heterocycles. The van der Waals surface area contributed by atoms with Gasteiger partial charge in [-0.15, -0.1) is 0 Å². The Morgan fingerprint density at radius 3 is 2.75 bits per heavy atom. The van der Waals surface area contributed by atoms with Gasteiger partial charge in [0.15, 0.2) is 5.76 Å². The predicted molar refractivity (Wildman–Crippen MR) is 72.5 cm³/mol. The second kappa shape index (κ2) is 6.11. The van der Waals surface area contributed by atoms with Crippen molar-refractivity contribution in [2.75, 3.05) is 0 Å². The highest BCUT2D eigenvalue weighted by Gasteiger charge is 2.12. The van der Waals surface area contributed by atoms with E-state index in [9.17, 15) is 14.9 Å². The molecule has 20 heavy (non-hydrogen) atoms. The quantitative estimate of drug-likeness (QED) is 0.369. The van der Waals surface area contributed by atoms with E-state index in [-0.39, 0.29) is 5.76 Å². The molecule has 8 heteroatoms. The Hall–Kier alpha value is -2.48. The first-order chi connectivity index (χ1) is 9.58. The highest BCUT2D eigenvalue weighted by molar-refractivity contribution is 9.10. The summed E-state index contributed by atoms with van der Waals surface area (Å²) in [6, 6.07) is 9.22. The number of rotatable bonds is 4. The number of nitrogens with zero attached hydrogens (tertiary/aromatic N) is 2. The molecule has 2 aromatic rings. The Kier molecular flexibility index (Phi) is 4.26. The molecule has 0 aliphatic carbocycles. The lowest BCUT2D eigenvalue weighted by atomic mass is 10.2. The molecular weight excluding hydrogens is 332 g/mol. The van der Waals surface area contributed by atoms with Gasteiger partial charge in [0.1, 0.15) is 11.1 Å². The van der Waals surface area contributed by atoms with E-state index < -0.39 is 16.8 Å². The summed E-state index contributed by atoms with van der Waals surface area (Å²) >= 11 is 3.21. The van der Waals surface area contributed by atoms with Crippen LogP contribution in [0.1, 0.15) is 16.1 Å². The zero-order valence-corrected chi connectivity index (χ0v) is 11.4. The van der Waals surface area contributed by atoms with Gasteiger partial charge in [-0.25, -0.2) is 4.79 Å². The minimum absolute atomic E-state index is 0.108. The zero-order valence-electron chi connectivity index (χ0n) is 9.86. The fourth-order valence-corrected chi connectivity index (χ4v) is 1.76. The molecule has 0 N–H and O–H groups in total. The SMILES string of the molecule is O=C(O/N=C\c1ccc([N+](=O)[O-])o1)c1ccccc1Br. The summed E-state index contributed by atoms with van der Waals surface area (Å²) < 4.78 is 5.39. The van der Waals surface area contributed by atoms with Gasteiger partial charge in [-0.05, 0) is 34.1 Å². The third kappa shape index (κ3) is 3.29. The fourth-order valence-electron chi connectivity index (χ4n) is 1.31. The van der Waals surface area contributed by atoms with Crippen LogP contribution in [0.15, 0.2) is 50.4 Å². The van der Waals surface area contributed by atoms with Crippen LogP contribution in [0.2, 0.25) is 0 Å². The summed E-state index contributed by atoms with van der Waals surface area (Å²) in [4.78, 5) is 26.0. The molecule has 2 rings (SSSR count). The van der Waals surface area contributed by atoms with Crippen molar-refractivity contribution in [2.45, 2.75) is 0 Å². The minimum atomic E-state index is -0.676. The van der Waals surface area contributed by atoms with Crippen molar-refractivity contribution in [3.63, 3.8) is 0 Å². The number of carbonyl (C=O) groups is 1. The van der Waals surface area contributed by atoms with Gasteiger partial charge in [-0.3, -0.25) is 10.1 Å². The number of benzene rings is 1. The number of oxime groups is 1. The molecule has 1 heterocycles. The second-order valence-corrected chi connectivity index (χ2v) is 4.38. The molecule has 0 spiro atoms. The smallest absolute Gasteiger partial charge is 0.400 e. The lowest BCUT2D eigenvalue weighted by Gasteiger charge is -1.99. The Bertz CT molecular complexity index is 680. The Morgan fingerprint density at radius 1 is 1.35 bits per heavy atom. The summed E-state index contributed by atoms with van der Waals surface area (Å²) in [6.07, 6.45) is 1.07. The standard InChI is InChI=1S/C12H7BrN2O5/c13-10-4-2-1-3-9(10)12(16)20-14-7-8-5-6-11(19-8)15(17)18/h1-7H/b14-7-. The molecule has 0 unspecified atom stereocenters. The molecule has 0 radical (unpaired) electrons. The monoisotopic (exact) mass is 338 g/mol. The number of furan rings is 1. The topological polar surface area (TPSA) is 94.9 Å². The Labute approximate surface area is 121 Å². The van der Waals surface area contributed by atoms with Crippen LogP contribution in [0.25, 0.3) is 0 Å². The first kappa shape index (κ1) is 13.9. The molecule has 1 aromatic carbocycles. The lowest BCUT2D eigenvalue weighted by molar-refractivity contribution is -0.402. The fraction of sp³-hybridized carbons (Fsp3) is 0. The van der Waals surface area contributed by atoms with Gasteiger partial charge >= 0.3 is 11.9 Å². The van der Waals surface area contributed by atoms with Gasteiger partial charge in [-0.1, -0.05) is 17.3 Å². The van der Waals surface area contributed by atoms with Crippen molar-refractivity contribution >= 4 is 34.0 Å². The van der Waals surface area contributed by atoms with Crippen LogP contribution < -0.4 is 0 Å². The number of nitro groups is 1. The van der Waals surface area contributed by atoms with Crippen LogP contribution in [-0.2, 0) is 4.84 Å². The maximum Gasteiger partial charge on any atom is 0.433 e. The maximum absolute atomic E-state index is 11.7. The van der Waals surface area contributed by atoms with Gasteiger partial charge < -0.3 is 9.25 Å². The van der Waals surface area contributed by atoms with Crippen molar-refractivity contribution in [2.24, 2.45) is 5.16 Å². The van der Waals surface area contributed by atoms with Crippen molar-refractivity contribution < 1.29 is 19.0 Å². The average molecular weight is 339 g/mol. The van der Waals surface area contributed by atoms with E-state index in [1.807, 2.05) is 0 Å². The molecule has 0 bridgehead atoms. The van der Waals surface area contributed by atoms with Crippen molar-refractivity contribution in [1.82, 2.24) is 0 Å². The number of carbonyl (C=O) groups excluding carboxylic acids is 1. The van der Waals surface area contributed by atoms with Gasteiger partial charge in [0.25, 0.3) is 0 Å². The van der Waals surface area contributed by atoms with Gasteiger partial charge in [0.05, 0.1) is 11.6 Å². The molecule has 102 valence electrons. The number of hydrogen-bond donors (Lipinski definition) is 0. The van der Waals surface area contributed by atoms with Gasteiger partial charge in [0.2, 0.25) is 0 Å². The van der Waals surface area contributed by atoms with E-state index in [1.165, 1.54) is 12.1 Å². The average Bonchev–Trinajstić information content (AvgIpc) is 2.88. The van der Waals surface area contributed by atoms with E-state index in [1.54, 1.807) is 24.3 Å². The minimum Gasteiger partial charge on any atom is -0.400 e. The van der Waals surface area contributed by atoms with E-state index in [0.717, 1.165) is 6.21 Å². The Balaban J connectivity index is 2.01. The van der Waals surface area contributed by atoms with Crippen LogP contribution in [0, 0.1) is 10.1 Å². The lowest BCUT2D eigenvalue weighted by Crippen LogP contribution is -2.01. The Morgan fingerprint density at radius 2 is 2.10 bits per heavy atom. The molecule has 0 saturated carbocycles. The van der Waals surface area contributed by atoms with E-state index in [4.69, 9.17) is 4.42 Å². The molecule has 0 aliphatic heterocycles. The van der Waals surface area contributed by atoms with E-state index in [2.05, 4.69) is 25.9 Å². The summed E-state index contributed by atoms with van der Waals surface area (Å²) in [5, 5.41) is 13.8. The van der Waals surface area contributed by atoms with Crippen LogP contribution in [0.4, 0.5) is 5.88 Å². The number of halogens is 1. The third-order valence-corrected chi connectivity index (χ3v) is 2.89. The zero-order chi connectivity index (χ0) is 14.5.